The number of nitrogen functional groups attached to an aromatic ring is 1. The minimum Gasteiger partial charge on any atom is -0.397 e. The number of halogens is 2. The highest BCUT2D eigenvalue weighted by molar-refractivity contribution is 6.42. The largest absolute Gasteiger partial charge is 0.397 e. The van der Waals surface area contributed by atoms with Crippen LogP contribution >= 0.6 is 23.2 Å². The first-order valence-electron chi connectivity index (χ1n) is 5.91. The molecule has 0 aliphatic heterocycles. The Hall–Kier alpha value is -0.600. The number of nitrogens with one attached hydrogen (secondary N) is 1. The molecule has 0 aromatic heterocycles. The van der Waals surface area contributed by atoms with Crippen LogP contribution in [0.1, 0.15) is 33.1 Å². The highest BCUT2D eigenvalue weighted by Crippen LogP contribution is 2.40. The number of nitrogens with two attached hydrogens (primary N) is 1. The second-order valence-corrected chi connectivity index (χ2v) is 6.25. The lowest BCUT2D eigenvalue weighted by Gasteiger charge is -2.29. The van der Waals surface area contributed by atoms with Gasteiger partial charge in [-0.2, -0.15) is 0 Å². The van der Waals surface area contributed by atoms with E-state index >= 15 is 0 Å². The van der Waals surface area contributed by atoms with Crippen molar-refractivity contribution in [3.05, 3.63) is 22.2 Å². The van der Waals surface area contributed by atoms with Gasteiger partial charge < -0.3 is 11.1 Å². The van der Waals surface area contributed by atoms with Crippen molar-refractivity contribution >= 4 is 34.6 Å². The third-order valence-electron chi connectivity index (χ3n) is 3.68. The first kappa shape index (κ1) is 12.8. The van der Waals surface area contributed by atoms with E-state index in [0.717, 1.165) is 5.69 Å². The van der Waals surface area contributed by atoms with E-state index in [2.05, 4.69) is 19.2 Å². The van der Waals surface area contributed by atoms with Gasteiger partial charge in [0.1, 0.15) is 0 Å². The average molecular weight is 273 g/mol. The zero-order valence-electron chi connectivity index (χ0n) is 10.2. The monoisotopic (exact) mass is 272 g/mol. The van der Waals surface area contributed by atoms with E-state index in [4.69, 9.17) is 28.9 Å². The third kappa shape index (κ3) is 2.63. The molecule has 1 aromatic carbocycles. The van der Waals surface area contributed by atoms with E-state index in [9.17, 15) is 0 Å². The van der Waals surface area contributed by atoms with Crippen molar-refractivity contribution < 1.29 is 0 Å². The Morgan fingerprint density at radius 2 is 1.94 bits per heavy atom. The summed E-state index contributed by atoms with van der Waals surface area (Å²) >= 11 is 11.9. The minimum absolute atomic E-state index is 0.304. The van der Waals surface area contributed by atoms with E-state index in [1.54, 1.807) is 6.07 Å². The number of hydrogen-bond acceptors (Lipinski definition) is 2. The molecule has 2 rings (SSSR count). The molecular weight excluding hydrogens is 255 g/mol. The fourth-order valence-corrected chi connectivity index (χ4v) is 2.81. The summed E-state index contributed by atoms with van der Waals surface area (Å²) in [6.07, 6.45) is 3.67. The van der Waals surface area contributed by atoms with Gasteiger partial charge in [-0.25, -0.2) is 0 Å². The van der Waals surface area contributed by atoms with E-state index in [0.29, 0.717) is 27.2 Å². The second kappa shape index (κ2) is 4.58. The molecule has 94 valence electrons. The van der Waals surface area contributed by atoms with Crippen LogP contribution in [0.15, 0.2) is 12.1 Å². The van der Waals surface area contributed by atoms with Crippen molar-refractivity contribution in [3.8, 4) is 0 Å². The molecule has 0 saturated heterocycles. The van der Waals surface area contributed by atoms with Crippen molar-refractivity contribution in [1.29, 1.82) is 0 Å². The smallest absolute Gasteiger partial charge is 0.0614 e. The molecule has 1 aliphatic rings. The van der Waals surface area contributed by atoms with Crippen molar-refractivity contribution in [3.63, 3.8) is 0 Å². The summed E-state index contributed by atoms with van der Waals surface area (Å²) in [4.78, 5) is 0. The van der Waals surface area contributed by atoms with Gasteiger partial charge in [0.05, 0.1) is 21.4 Å². The topological polar surface area (TPSA) is 38.0 Å². The predicted octanol–water partition coefficient (Wildman–Crippen LogP) is 4.57. The zero-order valence-corrected chi connectivity index (χ0v) is 11.7. The summed E-state index contributed by atoms with van der Waals surface area (Å²) in [5.74, 6) is 0. The van der Waals surface area contributed by atoms with Gasteiger partial charge in [-0.05, 0) is 30.4 Å². The Kier molecular flexibility index (Phi) is 3.46. The molecule has 1 aromatic rings. The molecule has 0 bridgehead atoms. The maximum Gasteiger partial charge on any atom is 0.0614 e. The highest BCUT2D eigenvalue weighted by Gasteiger charge is 2.34. The van der Waals surface area contributed by atoms with E-state index in [1.807, 2.05) is 6.07 Å². The molecule has 1 aliphatic carbocycles. The summed E-state index contributed by atoms with van der Waals surface area (Å²) in [5, 5.41) is 4.54. The second-order valence-electron chi connectivity index (χ2n) is 5.43. The lowest BCUT2D eigenvalue weighted by Crippen LogP contribution is -2.31. The molecule has 3 N–H and O–H groups in total. The van der Waals surface area contributed by atoms with Crippen LogP contribution in [0.25, 0.3) is 0 Å². The van der Waals surface area contributed by atoms with Gasteiger partial charge >= 0.3 is 0 Å². The van der Waals surface area contributed by atoms with Gasteiger partial charge in [0, 0.05) is 6.04 Å². The fraction of sp³-hybridized carbons (Fsp3) is 0.538. The SMILES string of the molecule is CC1(C)CCCC1Nc1cc(Cl)c(Cl)cc1N. The number of rotatable bonds is 2. The molecule has 4 heteroatoms. The van der Waals surface area contributed by atoms with Crippen molar-refractivity contribution in [2.24, 2.45) is 5.41 Å². The standard InChI is InChI=1S/C13H18Cl2N2/c1-13(2)5-3-4-12(13)17-11-7-9(15)8(14)6-10(11)16/h6-7,12,17H,3-5,16H2,1-2H3. The van der Waals surface area contributed by atoms with E-state index < -0.39 is 0 Å². The van der Waals surface area contributed by atoms with Crippen molar-refractivity contribution in [1.82, 2.24) is 0 Å². The van der Waals surface area contributed by atoms with Gasteiger partial charge in [-0.15, -0.1) is 0 Å². The molecule has 1 atom stereocenters. The Balaban J connectivity index is 2.22. The van der Waals surface area contributed by atoms with Crippen LogP contribution in [-0.4, -0.2) is 6.04 Å². The molecule has 17 heavy (non-hydrogen) atoms. The molecule has 2 nitrogen and oxygen atoms in total. The van der Waals surface area contributed by atoms with Gasteiger partial charge in [0.25, 0.3) is 0 Å². The lowest BCUT2D eigenvalue weighted by molar-refractivity contribution is 0.350. The van der Waals surface area contributed by atoms with Crippen LogP contribution in [0.2, 0.25) is 10.0 Å². The molecule has 1 unspecified atom stereocenters. The van der Waals surface area contributed by atoms with Crippen molar-refractivity contribution in [2.45, 2.75) is 39.2 Å². The Labute approximate surface area is 112 Å². The van der Waals surface area contributed by atoms with Gasteiger partial charge in [-0.3, -0.25) is 0 Å². The van der Waals surface area contributed by atoms with Gasteiger partial charge in [0.15, 0.2) is 0 Å². The summed E-state index contributed by atoms with van der Waals surface area (Å²) in [5.41, 5.74) is 7.80. The van der Waals surface area contributed by atoms with Crippen LogP contribution in [0.5, 0.6) is 0 Å². The normalized spacial score (nSPS) is 22.7. The Morgan fingerprint density at radius 3 is 2.53 bits per heavy atom. The fourth-order valence-electron chi connectivity index (χ4n) is 2.47. The Bertz CT molecular complexity index is 430. The average Bonchev–Trinajstić information content (AvgIpc) is 2.55. The number of benzene rings is 1. The molecule has 0 radical (unpaired) electrons. The summed E-state index contributed by atoms with van der Waals surface area (Å²) in [7, 11) is 0. The minimum atomic E-state index is 0.304. The predicted molar refractivity (Wildman–Crippen MR) is 75.9 cm³/mol. The maximum absolute atomic E-state index is 6.01. The molecule has 1 fully saturated rings. The summed E-state index contributed by atoms with van der Waals surface area (Å²) in [6.45, 7) is 4.57. The molecule has 1 saturated carbocycles. The number of hydrogen-bond donors (Lipinski definition) is 2. The first-order chi connectivity index (χ1) is 7.90. The van der Waals surface area contributed by atoms with Crippen LogP contribution < -0.4 is 11.1 Å². The molecule has 0 spiro atoms. The molecular formula is C13H18Cl2N2. The van der Waals surface area contributed by atoms with Crippen LogP contribution in [0.4, 0.5) is 11.4 Å². The van der Waals surface area contributed by atoms with Crippen molar-refractivity contribution in [2.75, 3.05) is 11.1 Å². The quantitative estimate of drug-likeness (QED) is 0.775. The molecule has 0 heterocycles. The number of anilines is 2. The zero-order chi connectivity index (χ0) is 12.6. The van der Waals surface area contributed by atoms with Gasteiger partial charge in [-0.1, -0.05) is 43.5 Å². The first-order valence-corrected chi connectivity index (χ1v) is 6.67. The highest BCUT2D eigenvalue weighted by atomic mass is 35.5. The Morgan fingerprint density at radius 1 is 1.29 bits per heavy atom. The van der Waals surface area contributed by atoms with E-state index in [-0.39, 0.29) is 0 Å². The van der Waals surface area contributed by atoms with Crippen LogP contribution in [0.3, 0.4) is 0 Å². The maximum atomic E-state index is 6.01. The third-order valence-corrected chi connectivity index (χ3v) is 4.40. The van der Waals surface area contributed by atoms with Crippen LogP contribution in [-0.2, 0) is 0 Å². The van der Waals surface area contributed by atoms with Gasteiger partial charge in [0.2, 0.25) is 0 Å². The summed E-state index contributed by atoms with van der Waals surface area (Å²) in [6, 6.07) is 3.96. The van der Waals surface area contributed by atoms with Crippen LogP contribution in [0, 0.1) is 5.41 Å². The summed E-state index contributed by atoms with van der Waals surface area (Å²) < 4.78 is 0. The lowest BCUT2D eigenvalue weighted by atomic mass is 9.87. The molecule has 0 amide bonds. The van der Waals surface area contributed by atoms with E-state index in [1.165, 1.54) is 19.3 Å².